The lowest BCUT2D eigenvalue weighted by Gasteiger charge is -2.15. The molecule has 1 unspecified atom stereocenters. The summed E-state index contributed by atoms with van der Waals surface area (Å²) in [5.41, 5.74) is 4.99. The van der Waals surface area contributed by atoms with Crippen molar-refractivity contribution < 1.29 is 8.42 Å². The van der Waals surface area contributed by atoms with E-state index in [0.29, 0.717) is 6.54 Å². The van der Waals surface area contributed by atoms with Crippen LogP contribution in [-0.4, -0.2) is 31.0 Å². The largest absolute Gasteiger partial charge is 0.285 e. The molecule has 7 heteroatoms. The summed E-state index contributed by atoms with van der Waals surface area (Å²) >= 11 is 6.37. The first kappa shape index (κ1) is 21.3. The fourth-order valence-corrected chi connectivity index (χ4v) is 4.72. The molecule has 0 aliphatic carbocycles. The average Bonchev–Trinajstić information content (AvgIpc) is 3.21. The van der Waals surface area contributed by atoms with E-state index in [1.807, 2.05) is 68.4 Å². The molecule has 0 N–H and O–H groups in total. The molecule has 3 aromatic carbocycles. The molecule has 1 heterocycles. The van der Waals surface area contributed by atoms with Gasteiger partial charge in [-0.25, -0.2) is 5.01 Å². The standard InChI is InChI=1S/C24H22ClN3O2S/c1-17-8-12-20(13-9-17)23-22(19-6-4-3-5-7-19)16-28(26-23)24(25)27-31(29,30)21-14-10-18(2)11-15-21/h3-15,22H,16H2,1-2H3/b27-24+. The normalized spacial score (nSPS) is 17.0. The van der Waals surface area contributed by atoms with Gasteiger partial charge in [-0.15, -0.1) is 4.40 Å². The van der Waals surface area contributed by atoms with E-state index in [9.17, 15) is 8.42 Å². The number of amidine groups is 1. The van der Waals surface area contributed by atoms with Crippen LogP contribution < -0.4 is 0 Å². The molecule has 0 saturated heterocycles. The topological polar surface area (TPSA) is 62.1 Å². The monoisotopic (exact) mass is 451 g/mol. The van der Waals surface area contributed by atoms with Gasteiger partial charge in [0, 0.05) is 5.92 Å². The van der Waals surface area contributed by atoms with Crippen LogP contribution in [0.15, 0.2) is 93.3 Å². The first-order chi connectivity index (χ1) is 14.8. The van der Waals surface area contributed by atoms with Gasteiger partial charge in [0.25, 0.3) is 10.0 Å². The Balaban J connectivity index is 1.70. The Labute approximate surface area is 187 Å². The van der Waals surface area contributed by atoms with E-state index >= 15 is 0 Å². The predicted molar refractivity (Wildman–Crippen MR) is 125 cm³/mol. The van der Waals surface area contributed by atoms with E-state index in [4.69, 9.17) is 11.6 Å². The number of hydrazone groups is 1. The lowest BCUT2D eigenvalue weighted by Crippen LogP contribution is -2.23. The minimum atomic E-state index is -3.94. The zero-order valence-electron chi connectivity index (χ0n) is 17.2. The minimum Gasteiger partial charge on any atom is -0.236 e. The molecule has 31 heavy (non-hydrogen) atoms. The van der Waals surface area contributed by atoms with Crippen molar-refractivity contribution >= 4 is 32.6 Å². The Bertz CT molecular complexity index is 1240. The predicted octanol–water partition coefficient (Wildman–Crippen LogP) is 5.09. The van der Waals surface area contributed by atoms with Crippen LogP contribution >= 0.6 is 11.6 Å². The van der Waals surface area contributed by atoms with Crippen LogP contribution in [0.3, 0.4) is 0 Å². The van der Waals surface area contributed by atoms with E-state index in [0.717, 1.165) is 28.0 Å². The van der Waals surface area contributed by atoms with Crippen molar-refractivity contribution in [2.24, 2.45) is 9.50 Å². The summed E-state index contributed by atoms with van der Waals surface area (Å²) in [5.74, 6) is -0.0602. The molecule has 0 amide bonds. The van der Waals surface area contributed by atoms with E-state index in [1.54, 1.807) is 12.1 Å². The van der Waals surface area contributed by atoms with Gasteiger partial charge in [-0.1, -0.05) is 77.9 Å². The van der Waals surface area contributed by atoms with Crippen molar-refractivity contribution in [2.45, 2.75) is 24.7 Å². The molecule has 0 aromatic heterocycles. The van der Waals surface area contributed by atoms with Crippen molar-refractivity contribution in [3.8, 4) is 0 Å². The molecular weight excluding hydrogens is 430 g/mol. The summed E-state index contributed by atoms with van der Waals surface area (Å²) in [6.07, 6.45) is 0. The number of hydrogen-bond acceptors (Lipinski definition) is 3. The molecule has 0 fully saturated rings. The minimum absolute atomic E-state index is 0.0602. The molecule has 158 valence electrons. The van der Waals surface area contributed by atoms with Crippen molar-refractivity contribution in [2.75, 3.05) is 6.54 Å². The maximum Gasteiger partial charge on any atom is 0.285 e. The lowest BCUT2D eigenvalue weighted by molar-refractivity contribution is 0.483. The van der Waals surface area contributed by atoms with Crippen LogP contribution in [0.4, 0.5) is 0 Å². The molecule has 3 aromatic rings. The van der Waals surface area contributed by atoms with Crippen LogP contribution in [0.1, 0.15) is 28.2 Å². The number of nitrogens with zero attached hydrogens (tertiary/aromatic N) is 3. The molecule has 1 atom stereocenters. The number of halogens is 1. The maximum atomic E-state index is 12.7. The molecule has 5 nitrogen and oxygen atoms in total. The first-order valence-corrected chi connectivity index (χ1v) is 11.7. The Morgan fingerprint density at radius 1 is 0.935 bits per heavy atom. The van der Waals surface area contributed by atoms with Crippen molar-refractivity contribution in [1.82, 2.24) is 5.01 Å². The van der Waals surface area contributed by atoms with E-state index in [-0.39, 0.29) is 16.1 Å². The highest BCUT2D eigenvalue weighted by atomic mass is 35.5. The summed E-state index contributed by atoms with van der Waals surface area (Å²) in [5, 5.41) is 5.94. The van der Waals surface area contributed by atoms with Crippen LogP contribution in [0, 0.1) is 13.8 Å². The number of hydrogen-bond donors (Lipinski definition) is 0. The zero-order chi connectivity index (χ0) is 22.0. The number of benzene rings is 3. The second-order valence-corrected chi connectivity index (χ2v) is 9.49. The van der Waals surface area contributed by atoms with E-state index in [2.05, 4.69) is 9.50 Å². The van der Waals surface area contributed by atoms with Crippen LogP contribution in [0.2, 0.25) is 0 Å². The highest BCUT2D eigenvalue weighted by Gasteiger charge is 2.31. The van der Waals surface area contributed by atoms with Gasteiger partial charge in [0.1, 0.15) is 0 Å². The van der Waals surface area contributed by atoms with Crippen molar-refractivity contribution in [1.29, 1.82) is 0 Å². The van der Waals surface area contributed by atoms with E-state index < -0.39 is 10.0 Å². The smallest absolute Gasteiger partial charge is 0.236 e. The molecule has 1 aliphatic heterocycles. The third kappa shape index (κ3) is 4.70. The SMILES string of the molecule is Cc1ccc(C2=NN(/C(Cl)=N/S(=O)(=O)c3ccc(C)cc3)CC2c2ccccc2)cc1. The average molecular weight is 452 g/mol. The Morgan fingerprint density at radius 3 is 2.13 bits per heavy atom. The molecule has 0 radical (unpaired) electrons. The third-order valence-electron chi connectivity index (χ3n) is 5.19. The number of rotatable bonds is 4. The summed E-state index contributed by atoms with van der Waals surface area (Å²) in [6, 6.07) is 24.6. The highest BCUT2D eigenvalue weighted by molar-refractivity contribution is 7.90. The summed E-state index contributed by atoms with van der Waals surface area (Å²) in [7, 11) is -3.94. The molecule has 0 bridgehead atoms. The van der Waals surface area contributed by atoms with Gasteiger partial charge in [-0.3, -0.25) is 0 Å². The van der Waals surface area contributed by atoms with Crippen LogP contribution in [0.5, 0.6) is 0 Å². The van der Waals surface area contributed by atoms with Gasteiger partial charge < -0.3 is 0 Å². The first-order valence-electron chi connectivity index (χ1n) is 9.89. The van der Waals surface area contributed by atoms with Gasteiger partial charge in [0.2, 0.25) is 5.29 Å². The summed E-state index contributed by atoms with van der Waals surface area (Å²) < 4.78 is 29.2. The highest BCUT2D eigenvalue weighted by Crippen LogP contribution is 2.30. The summed E-state index contributed by atoms with van der Waals surface area (Å²) in [4.78, 5) is 0.0952. The molecule has 0 saturated carbocycles. The zero-order valence-corrected chi connectivity index (χ0v) is 18.8. The quantitative estimate of drug-likeness (QED) is 0.315. The number of aryl methyl sites for hydroxylation is 2. The van der Waals surface area contributed by atoms with E-state index in [1.165, 1.54) is 17.1 Å². The molecular formula is C24H22ClN3O2S. The second-order valence-electron chi connectivity index (χ2n) is 7.55. The van der Waals surface area contributed by atoms with Gasteiger partial charge in [-0.2, -0.15) is 13.5 Å². The molecule has 4 rings (SSSR count). The van der Waals surface area contributed by atoms with Crippen molar-refractivity contribution in [3.05, 3.63) is 101 Å². The molecule has 0 spiro atoms. The van der Waals surface area contributed by atoms with Crippen LogP contribution in [-0.2, 0) is 10.0 Å². The van der Waals surface area contributed by atoms with Crippen LogP contribution in [0.25, 0.3) is 0 Å². The Hall–Kier alpha value is -2.96. The van der Waals surface area contributed by atoms with Gasteiger partial charge in [0.15, 0.2) is 0 Å². The second kappa shape index (κ2) is 8.65. The van der Waals surface area contributed by atoms with Gasteiger partial charge in [-0.05, 0) is 48.7 Å². The summed E-state index contributed by atoms with van der Waals surface area (Å²) in [6.45, 7) is 4.32. The Morgan fingerprint density at radius 2 is 1.52 bits per heavy atom. The Kier molecular flexibility index (Phi) is 5.94. The molecule has 1 aliphatic rings. The van der Waals surface area contributed by atoms with Gasteiger partial charge in [0.05, 0.1) is 17.2 Å². The maximum absolute atomic E-state index is 12.7. The van der Waals surface area contributed by atoms with Crippen molar-refractivity contribution in [3.63, 3.8) is 0 Å². The fourth-order valence-electron chi connectivity index (χ4n) is 3.46. The third-order valence-corrected chi connectivity index (χ3v) is 6.85. The number of sulfonamides is 1. The lowest BCUT2D eigenvalue weighted by atomic mass is 9.90. The van der Waals surface area contributed by atoms with Gasteiger partial charge >= 0.3 is 0 Å². The fraction of sp³-hybridized carbons (Fsp3) is 0.167.